The maximum Gasteiger partial charge on any atom is 0.227 e. The molecule has 136 valence electrons. The third-order valence-corrected chi connectivity index (χ3v) is 5.57. The van der Waals surface area contributed by atoms with Crippen molar-refractivity contribution in [2.75, 3.05) is 16.8 Å². The summed E-state index contributed by atoms with van der Waals surface area (Å²) < 4.78 is 0. The second kappa shape index (κ2) is 7.12. The van der Waals surface area contributed by atoms with Crippen LogP contribution in [0, 0.1) is 5.92 Å². The SMILES string of the molecule is C[C@H]1CCCN1c1ccc(-c2cccc(NC(=O)C3CC3)c2)cc1CN. The molecular weight excluding hydrogens is 322 g/mol. The van der Waals surface area contributed by atoms with Gasteiger partial charge in [0.15, 0.2) is 0 Å². The molecule has 0 radical (unpaired) electrons. The minimum atomic E-state index is 0.142. The van der Waals surface area contributed by atoms with Gasteiger partial charge in [-0.05, 0) is 73.6 Å². The minimum absolute atomic E-state index is 0.142. The van der Waals surface area contributed by atoms with Gasteiger partial charge in [0.05, 0.1) is 0 Å². The predicted octanol–water partition coefficient (Wildman–Crippen LogP) is 4.15. The van der Waals surface area contributed by atoms with Crippen LogP contribution in [0.4, 0.5) is 11.4 Å². The van der Waals surface area contributed by atoms with Crippen LogP contribution in [0.2, 0.25) is 0 Å². The van der Waals surface area contributed by atoms with E-state index >= 15 is 0 Å². The van der Waals surface area contributed by atoms with E-state index in [0.29, 0.717) is 12.6 Å². The molecule has 2 aromatic rings. The molecule has 1 saturated carbocycles. The molecule has 4 nitrogen and oxygen atoms in total. The van der Waals surface area contributed by atoms with Crippen LogP contribution in [-0.4, -0.2) is 18.5 Å². The third kappa shape index (κ3) is 3.47. The van der Waals surface area contributed by atoms with E-state index in [-0.39, 0.29) is 11.8 Å². The number of hydrogen-bond donors (Lipinski definition) is 2. The summed E-state index contributed by atoms with van der Waals surface area (Å²) in [6, 6.07) is 15.2. The van der Waals surface area contributed by atoms with Crippen molar-refractivity contribution in [2.24, 2.45) is 11.7 Å². The highest BCUT2D eigenvalue weighted by Gasteiger charge is 2.29. The highest BCUT2D eigenvalue weighted by molar-refractivity contribution is 5.94. The first-order valence-electron chi connectivity index (χ1n) is 9.66. The summed E-state index contributed by atoms with van der Waals surface area (Å²) in [4.78, 5) is 14.5. The largest absolute Gasteiger partial charge is 0.369 e. The number of nitrogens with two attached hydrogens (primary N) is 1. The molecule has 2 aromatic carbocycles. The van der Waals surface area contributed by atoms with E-state index < -0.39 is 0 Å². The fourth-order valence-corrected chi connectivity index (χ4v) is 3.87. The maximum absolute atomic E-state index is 12.0. The van der Waals surface area contributed by atoms with E-state index in [1.807, 2.05) is 18.2 Å². The average molecular weight is 349 g/mol. The minimum Gasteiger partial charge on any atom is -0.369 e. The van der Waals surface area contributed by atoms with Crippen LogP contribution >= 0.6 is 0 Å². The zero-order valence-electron chi connectivity index (χ0n) is 15.4. The molecule has 26 heavy (non-hydrogen) atoms. The Morgan fingerprint density at radius 2 is 1.96 bits per heavy atom. The van der Waals surface area contributed by atoms with Gasteiger partial charge in [0, 0.05) is 36.4 Å². The molecule has 1 aliphatic heterocycles. The molecule has 4 heteroatoms. The van der Waals surface area contributed by atoms with Crippen molar-refractivity contribution >= 4 is 17.3 Å². The average Bonchev–Trinajstić information content (AvgIpc) is 3.43. The smallest absolute Gasteiger partial charge is 0.227 e. The van der Waals surface area contributed by atoms with Gasteiger partial charge in [-0.3, -0.25) is 4.79 Å². The lowest BCUT2D eigenvalue weighted by Gasteiger charge is -2.26. The number of nitrogens with zero attached hydrogens (tertiary/aromatic N) is 1. The highest BCUT2D eigenvalue weighted by Crippen LogP contribution is 2.33. The number of carbonyl (C=O) groups is 1. The topological polar surface area (TPSA) is 58.4 Å². The van der Waals surface area contributed by atoms with Gasteiger partial charge in [0.2, 0.25) is 5.91 Å². The number of carbonyl (C=O) groups excluding carboxylic acids is 1. The molecule has 1 amide bonds. The molecule has 2 aliphatic rings. The van der Waals surface area contributed by atoms with Crippen LogP contribution < -0.4 is 16.0 Å². The second-order valence-electron chi connectivity index (χ2n) is 7.58. The van der Waals surface area contributed by atoms with E-state index in [0.717, 1.165) is 36.2 Å². The summed E-state index contributed by atoms with van der Waals surface area (Å²) in [6.45, 7) is 3.92. The van der Waals surface area contributed by atoms with Crippen molar-refractivity contribution in [3.05, 3.63) is 48.0 Å². The fourth-order valence-electron chi connectivity index (χ4n) is 3.87. The monoisotopic (exact) mass is 349 g/mol. The standard InChI is InChI=1S/C22H27N3O/c1-15-4-3-11-25(15)21-10-9-18(12-19(21)14-23)17-5-2-6-20(13-17)24-22(26)16-7-8-16/h2,5-6,9-10,12-13,15-16H,3-4,7-8,11,14,23H2,1H3,(H,24,26)/t15-/m0/s1. The lowest BCUT2D eigenvalue weighted by Crippen LogP contribution is -2.27. The first-order valence-corrected chi connectivity index (χ1v) is 9.66. The molecule has 1 aliphatic carbocycles. The molecule has 1 heterocycles. The number of amides is 1. The Hall–Kier alpha value is -2.33. The second-order valence-corrected chi connectivity index (χ2v) is 7.58. The summed E-state index contributed by atoms with van der Waals surface area (Å²) in [7, 11) is 0. The lowest BCUT2D eigenvalue weighted by atomic mass is 10.0. The van der Waals surface area contributed by atoms with Crippen molar-refractivity contribution in [3.63, 3.8) is 0 Å². The zero-order valence-corrected chi connectivity index (χ0v) is 15.4. The van der Waals surface area contributed by atoms with Gasteiger partial charge < -0.3 is 16.0 Å². The molecule has 0 bridgehead atoms. The van der Waals surface area contributed by atoms with Gasteiger partial charge in [0.25, 0.3) is 0 Å². The number of benzene rings is 2. The van der Waals surface area contributed by atoms with Crippen LogP contribution in [0.25, 0.3) is 11.1 Å². The van der Waals surface area contributed by atoms with Gasteiger partial charge in [-0.1, -0.05) is 18.2 Å². The van der Waals surface area contributed by atoms with Crippen molar-refractivity contribution in [1.82, 2.24) is 0 Å². The van der Waals surface area contributed by atoms with Crippen LogP contribution in [0.3, 0.4) is 0 Å². The van der Waals surface area contributed by atoms with Gasteiger partial charge in [0.1, 0.15) is 0 Å². The van der Waals surface area contributed by atoms with Crippen LogP contribution in [-0.2, 0) is 11.3 Å². The maximum atomic E-state index is 12.0. The first kappa shape index (κ1) is 17.1. The highest BCUT2D eigenvalue weighted by atomic mass is 16.2. The Balaban J connectivity index is 1.60. The van der Waals surface area contributed by atoms with Gasteiger partial charge >= 0.3 is 0 Å². The predicted molar refractivity (Wildman–Crippen MR) is 107 cm³/mol. The summed E-state index contributed by atoms with van der Waals surface area (Å²) in [5, 5.41) is 3.03. The Morgan fingerprint density at radius 1 is 1.15 bits per heavy atom. The van der Waals surface area contributed by atoms with E-state index in [1.54, 1.807) is 0 Å². The van der Waals surface area contributed by atoms with Gasteiger partial charge in [-0.15, -0.1) is 0 Å². The zero-order chi connectivity index (χ0) is 18.1. The molecule has 0 spiro atoms. The van der Waals surface area contributed by atoms with E-state index in [9.17, 15) is 4.79 Å². The third-order valence-electron chi connectivity index (χ3n) is 5.57. The quantitative estimate of drug-likeness (QED) is 0.852. The Labute approximate surface area is 155 Å². The lowest BCUT2D eigenvalue weighted by molar-refractivity contribution is -0.117. The normalized spacial score (nSPS) is 19.6. The number of hydrogen-bond acceptors (Lipinski definition) is 3. The molecule has 4 rings (SSSR count). The molecule has 2 fully saturated rings. The molecule has 1 atom stereocenters. The molecular formula is C22H27N3O. The molecule has 3 N–H and O–H groups in total. The van der Waals surface area contributed by atoms with Gasteiger partial charge in [-0.25, -0.2) is 0 Å². The van der Waals surface area contributed by atoms with Crippen molar-refractivity contribution < 1.29 is 4.79 Å². The van der Waals surface area contributed by atoms with Crippen LogP contribution in [0.1, 0.15) is 38.2 Å². The summed E-state index contributed by atoms with van der Waals surface area (Å²) >= 11 is 0. The summed E-state index contributed by atoms with van der Waals surface area (Å²) in [5.41, 5.74) is 11.6. The van der Waals surface area contributed by atoms with Crippen molar-refractivity contribution in [2.45, 2.75) is 45.2 Å². The van der Waals surface area contributed by atoms with E-state index in [4.69, 9.17) is 5.73 Å². The summed E-state index contributed by atoms with van der Waals surface area (Å²) in [5.74, 6) is 0.354. The Bertz CT molecular complexity index is 813. The molecule has 0 unspecified atom stereocenters. The van der Waals surface area contributed by atoms with Gasteiger partial charge in [-0.2, -0.15) is 0 Å². The van der Waals surface area contributed by atoms with E-state index in [1.165, 1.54) is 24.1 Å². The number of nitrogens with one attached hydrogen (secondary N) is 1. The first-order chi connectivity index (χ1) is 12.7. The fraction of sp³-hybridized carbons (Fsp3) is 0.409. The number of anilines is 2. The van der Waals surface area contributed by atoms with E-state index in [2.05, 4.69) is 41.4 Å². The Morgan fingerprint density at radius 3 is 2.65 bits per heavy atom. The summed E-state index contributed by atoms with van der Waals surface area (Å²) in [6.07, 6.45) is 4.52. The van der Waals surface area contributed by atoms with Crippen molar-refractivity contribution in [3.8, 4) is 11.1 Å². The molecule has 1 saturated heterocycles. The Kier molecular flexibility index (Phi) is 4.68. The molecule has 0 aromatic heterocycles. The van der Waals surface area contributed by atoms with Crippen molar-refractivity contribution in [1.29, 1.82) is 0 Å². The van der Waals surface area contributed by atoms with Crippen LogP contribution in [0.15, 0.2) is 42.5 Å². The van der Waals surface area contributed by atoms with Crippen LogP contribution in [0.5, 0.6) is 0 Å². The number of rotatable bonds is 5.